The van der Waals surface area contributed by atoms with E-state index in [2.05, 4.69) is 6.92 Å². The van der Waals surface area contributed by atoms with Gasteiger partial charge in [0.2, 0.25) is 0 Å². The molecule has 0 aliphatic heterocycles. The van der Waals surface area contributed by atoms with Gasteiger partial charge in [-0.05, 0) is 73.4 Å². The molecule has 3 aromatic carbocycles. The molecule has 0 bridgehead atoms. The van der Waals surface area contributed by atoms with Crippen LogP contribution in [0.15, 0.2) is 60.8 Å². The van der Waals surface area contributed by atoms with Crippen LogP contribution in [-0.2, 0) is 24.1 Å². The van der Waals surface area contributed by atoms with E-state index in [0.29, 0.717) is 11.1 Å². The number of hydrogen-bond acceptors (Lipinski definition) is 6. The number of fused-ring (bicyclic) bond motifs is 1. The molecule has 0 saturated carbocycles. The van der Waals surface area contributed by atoms with Crippen LogP contribution in [0.1, 0.15) is 52.4 Å². The van der Waals surface area contributed by atoms with Gasteiger partial charge in [0.05, 0.1) is 23.8 Å². The van der Waals surface area contributed by atoms with E-state index in [9.17, 15) is 25.2 Å². The Balaban J connectivity index is 1.53. The second kappa shape index (κ2) is 11.4. The Morgan fingerprint density at radius 2 is 1.78 bits per heavy atom. The molecule has 0 saturated heterocycles. The summed E-state index contributed by atoms with van der Waals surface area (Å²) in [6.45, 7) is 3.99. The molecule has 37 heavy (non-hydrogen) atoms. The third-order valence-corrected chi connectivity index (χ3v) is 6.47. The van der Waals surface area contributed by atoms with Crippen LogP contribution >= 0.6 is 0 Å². The molecule has 4 N–H and O–H groups in total. The second-order valence-corrected chi connectivity index (χ2v) is 9.53. The van der Waals surface area contributed by atoms with E-state index in [-0.39, 0.29) is 36.8 Å². The monoisotopic (exact) mass is 503 g/mol. The Bertz CT molecular complexity index is 1380. The Morgan fingerprint density at radius 1 is 1.03 bits per heavy atom. The van der Waals surface area contributed by atoms with Gasteiger partial charge in [0.15, 0.2) is 0 Å². The fourth-order valence-electron chi connectivity index (χ4n) is 4.55. The number of phenolic OH excluding ortho intramolecular Hbond substituents is 3. The standard InChI is InChI=1S/C30H33NO6/c1-3-4-7-20-12-28(34)26(29(35)13-20)17-31-16-22(25-15-23(32)9-10-27(25)31)14-24(33)18-37-30(36)21-8-5-6-19(2)11-21/h5-6,8-13,15-16,24,32-35H,3-4,7,14,17-18H2,1-2H3/t24-/m0/s1. The highest BCUT2D eigenvalue weighted by molar-refractivity contribution is 5.89. The summed E-state index contributed by atoms with van der Waals surface area (Å²) < 4.78 is 7.17. The molecule has 0 fully saturated rings. The van der Waals surface area contributed by atoms with Crippen LogP contribution < -0.4 is 0 Å². The lowest BCUT2D eigenvalue weighted by Gasteiger charge is -2.12. The third-order valence-electron chi connectivity index (χ3n) is 6.47. The van der Waals surface area contributed by atoms with E-state index in [1.807, 2.05) is 23.8 Å². The summed E-state index contributed by atoms with van der Waals surface area (Å²) in [6.07, 6.45) is 3.80. The average molecular weight is 504 g/mol. The molecule has 7 nitrogen and oxygen atoms in total. The van der Waals surface area contributed by atoms with E-state index in [1.165, 1.54) is 0 Å². The van der Waals surface area contributed by atoms with Gasteiger partial charge in [-0.2, -0.15) is 0 Å². The average Bonchev–Trinajstić information content (AvgIpc) is 3.19. The zero-order valence-electron chi connectivity index (χ0n) is 21.1. The maximum atomic E-state index is 12.3. The van der Waals surface area contributed by atoms with Crippen molar-refractivity contribution in [2.45, 2.75) is 52.2 Å². The van der Waals surface area contributed by atoms with Crippen LogP contribution in [0.3, 0.4) is 0 Å². The lowest BCUT2D eigenvalue weighted by atomic mass is 10.0. The molecule has 0 radical (unpaired) electrons. The number of rotatable bonds is 10. The lowest BCUT2D eigenvalue weighted by molar-refractivity contribution is 0.0259. The van der Waals surface area contributed by atoms with Gasteiger partial charge in [0.25, 0.3) is 0 Å². The lowest BCUT2D eigenvalue weighted by Crippen LogP contribution is -2.21. The van der Waals surface area contributed by atoms with Gasteiger partial charge in [-0.1, -0.05) is 31.0 Å². The molecule has 1 aromatic heterocycles. The Labute approximate surface area is 216 Å². The Morgan fingerprint density at radius 3 is 2.49 bits per heavy atom. The molecule has 1 atom stereocenters. The van der Waals surface area contributed by atoms with Crippen molar-refractivity contribution in [2.24, 2.45) is 0 Å². The van der Waals surface area contributed by atoms with Gasteiger partial charge in [-0.3, -0.25) is 0 Å². The zero-order chi connectivity index (χ0) is 26.5. The Kier molecular flexibility index (Phi) is 8.04. The minimum absolute atomic E-state index is 0.0244. The molecule has 7 heteroatoms. The van der Waals surface area contributed by atoms with Crippen LogP contribution in [0.2, 0.25) is 0 Å². The summed E-state index contributed by atoms with van der Waals surface area (Å²) in [5.74, 6) is -0.373. The number of ether oxygens (including phenoxy) is 1. The van der Waals surface area contributed by atoms with E-state index in [4.69, 9.17) is 4.74 Å². The number of aromatic nitrogens is 1. The fraction of sp³-hybridized carbons (Fsp3) is 0.300. The predicted molar refractivity (Wildman–Crippen MR) is 142 cm³/mol. The van der Waals surface area contributed by atoms with Crippen LogP contribution in [0.4, 0.5) is 0 Å². The van der Waals surface area contributed by atoms with Crippen LogP contribution in [0, 0.1) is 6.92 Å². The van der Waals surface area contributed by atoms with Crippen LogP contribution in [0.25, 0.3) is 10.9 Å². The summed E-state index contributed by atoms with van der Waals surface area (Å²) in [5, 5.41) is 42.7. The highest BCUT2D eigenvalue weighted by Crippen LogP contribution is 2.33. The number of benzene rings is 3. The molecule has 0 unspecified atom stereocenters. The first-order valence-electron chi connectivity index (χ1n) is 12.5. The second-order valence-electron chi connectivity index (χ2n) is 9.53. The number of aryl methyl sites for hydroxylation is 2. The summed E-state index contributed by atoms with van der Waals surface area (Å²) in [6, 6.07) is 15.4. The number of nitrogens with zero attached hydrogens (tertiary/aromatic N) is 1. The number of carbonyl (C=O) groups is 1. The van der Waals surface area contributed by atoms with E-state index in [1.54, 1.807) is 48.5 Å². The number of hydrogen-bond donors (Lipinski definition) is 4. The van der Waals surface area contributed by atoms with Crippen molar-refractivity contribution >= 4 is 16.9 Å². The highest BCUT2D eigenvalue weighted by atomic mass is 16.5. The first-order valence-corrected chi connectivity index (χ1v) is 12.5. The summed E-state index contributed by atoms with van der Waals surface area (Å²) in [4.78, 5) is 12.3. The van der Waals surface area contributed by atoms with E-state index < -0.39 is 12.1 Å². The minimum atomic E-state index is -0.963. The molecule has 4 rings (SSSR count). The normalized spacial score (nSPS) is 12.1. The van der Waals surface area contributed by atoms with Gasteiger partial charge in [0.1, 0.15) is 23.9 Å². The molecule has 4 aromatic rings. The van der Waals surface area contributed by atoms with Crippen molar-refractivity contribution in [3.8, 4) is 17.2 Å². The van der Waals surface area contributed by atoms with Crippen molar-refractivity contribution in [3.05, 3.63) is 88.6 Å². The number of phenols is 3. The number of esters is 1. The quantitative estimate of drug-likeness (QED) is 0.221. The molecule has 0 aliphatic rings. The maximum Gasteiger partial charge on any atom is 0.338 e. The highest BCUT2D eigenvalue weighted by Gasteiger charge is 2.18. The summed E-state index contributed by atoms with van der Waals surface area (Å²) >= 11 is 0. The van der Waals surface area contributed by atoms with Gasteiger partial charge in [0, 0.05) is 23.5 Å². The smallest absolute Gasteiger partial charge is 0.338 e. The molecular formula is C30H33NO6. The Hall–Kier alpha value is -3.97. The minimum Gasteiger partial charge on any atom is -0.508 e. The van der Waals surface area contributed by atoms with Gasteiger partial charge in [-0.25, -0.2) is 4.79 Å². The fourth-order valence-corrected chi connectivity index (χ4v) is 4.55. The maximum absolute atomic E-state index is 12.3. The number of carbonyl (C=O) groups excluding carboxylic acids is 1. The van der Waals surface area contributed by atoms with Crippen molar-refractivity contribution < 1.29 is 30.0 Å². The SMILES string of the molecule is CCCCc1cc(O)c(Cn2cc(C[C@H](O)COC(=O)c3cccc(C)c3)c3cc(O)ccc32)c(O)c1. The first kappa shape index (κ1) is 26.1. The van der Waals surface area contributed by atoms with Crippen molar-refractivity contribution in [3.63, 3.8) is 0 Å². The van der Waals surface area contributed by atoms with Crippen molar-refractivity contribution in [1.82, 2.24) is 4.57 Å². The first-order chi connectivity index (χ1) is 17.7. The van der Waals surface area contributed by atoms with E-state index >= 15 is 0 Å². The molecule has 0 spiro atoms. The molecule has 194 valence electrons. The third kappa shape index (κ3) is 6.24. The summed E-state index contributed by atoms with van der Waals surface area (Å²) in [5.41, 5.74) is 4.15. The number of aromatic hydroxyl groups is 3. The van der Waals surface area contributed by atoms with Crippen molar-refractivity contribution in [1.29, 1.82) is 0 Å². The molecule has 1 heterocycles. The molecule has 0 aliphatic carbocycles. The van der Waals surface area contributed by atoms with Gasteiger partial charge < -0.3 is 29.7 Å². The topological polar surface area (TPSA) is 112 Å². The number of aliphatic hydroxyl groups is 1. The molecular weight excluding hydrogens is 470 g/mol. The van der Waals surface area contributed by atoms with E-state index in [0.717, 1.165) is 46.9 Å². The predicted octanol–water partition coefficient (Wildman–Crippen LogP) is 5.22. The molecule has 0 amide bonds. The summed E-state index contributed by atoms with van der Waals surface area (Å²) in [7, 11) is 0. The largest absolute Gasteiger partial charge is 0.508 e. The van der Waals surface area contributed by atoms with Gasteiger partial charge >= 0.3 is 5.97 Å². The zero-order valence-corrected chi connectivity index (χ0v) is 21.1. The van der Waals surface area contributed by atoms with Crippen molar-refractivity contribution in [2.75, 3.05) is 6.61 Å². The number of unbranched alkanes of at least 4 members (excludes halogenated alkanes) is 1. The van der Waals surface area contributed by atoms with Gasteiger partial charge in [-0.15, -0.1) is 0 Å². The van der Waals surface area contributed by atoms with Crippen LogP contribution in [0.5, 0.6) is 17.2 Å². The van der Waals surface area contributed by atoms with Crippen LogP contribution in [-0.4, -0.2) is 43.7 Å². The number of aliphatic hydroxyl groups excluding tert-OH is 1.